The van der Waals surface area contributed by atoms with Crippen molar-refractivity contribution in [2.75, 3.05) is 0 Å². The van der Waals surface area contributed by atoms with Gasteiger partial charge in [-0.05, 0) is 44.1 Å². The van der Waals surface area contributed by atoms with E-state index in [9.17, 15) is 0 Å². The highest BCUT2D eigenvalue weighted by Gasteiger charge is 1.81. The fourth-order valence-corrected chi connectivity index (χ4v) is 1.88. The zero-order valence-electron chi connectivity index (χ0n) is 15.9. The van der Waals surface area contributed by atoms with Gasteiger partial charge in [-0.15, -0.1) is 19.7 Å². The Morgan fingerprint density at radius 2 is 1.12 bits per heavy atom. The van der Waals surface area contributed by atoms with E-state index in [0.717, 1.165) is 12.8 Å². The Hall–Kier alpha value is -1.82. The first kappa shape index (κ1) is 24.4. The van der Waals surface area contributed by atoms with E-state index in [1.807, 2.05) is 54.6 Å². The minimum Gasteiger partial charge on any atom is -0.103 e. The average molecular weight is 327 g/mol. The third-order valence-corrected chi connectivity index (χ3v) is 3.36. The molecular formula is C24H38. The summed E-state index contributed by atoms with van der Waals surface area (Å²) in [5, 5.41) is 0. The molecule has 0 saturated carbocycles. The molecule has 0 heterocycles. The molecule has 0 unspecified atom stereocenters. The topological polar surface area (TPSA) is 0 Å². The number of rotatable bonds is 11. The lowest BCUT2D eigenvalue weighted by Crippen LogP contribution is -1.71. The second-order valence-corrected chi connectivity index (χ2v) is 5.61. The van der Waals surface area contributed by atoms with Gasteiger partial charge in [-0.25, -0.2) is 0 Å². The normalized spacial score (nSPS) is 8.71. The Morgan fingerprint density at radius 3 is 1.46 bits per heavy atom. The van der Waals surface area contributed by atoms with Crippen LogP contribution in [0.5, 0.6) is 0 Å². The van der Waals surface area contributed by atoms with Gasteiger partial charge in [0.1, 0.15) is 0 Å². The summed E-state index contributed by atoms with van der Waals surface area (Å²) in [4.78, 5) is 0. The zero-order chi connectivity index (χ0) is 18.3. The molecule has 0 aromatic heterocycles. The molecule has 1 aromatic carbocycles. The molecule has 0 aliphatic carbocycles. The van der Waals surface area contributed by atoms with Crippen molar-refractivity contribution in [3.05, 3.63) is 80.4 Å². The smallest absolute Gasteiger partial charge is 0.0263 e. The van der Waals surface area contributed by atoms with Crippen molar-refractivity contribution in [3.8, 4) is 0 Å². The van der Waals surface area contributed by atoms with Crippen molar-refractivity contribution < 1.29 is 0 Å². The highest BCUT2D eigenvalue weighted by atomic mass is 13.9. The summed E-state index contributed by atoms with van der Waals surface area (Å²) >= 11 is 0. The molecule has 134 valence electrons. The Labute approximate surface area is 151 Å². The van der Waals surface area contributed by atoms with Crippen LogP contribution in [0.2, 0.25) is 0 Å². The van der Waals surface area contributed by atoms with Gasteiger partial charge in [0, 0.05) is 0 Å². The van der Waals surface area contributed by atoms with Crippen LogP contribution >= 0.6 is 0 Å². The van der Waals surface area contributed by atoms with Crippen LogP contribution < -0.4 is 0 Å². The molecule has 0 aliphatic rings. The third-order valence-electron chi connectivity index (χ3n) is 3.36. The van der Waals surface area contributed by atoms with Gasteiger partial charge in [0.2, 0.25) is 0 Å². The summed E-state index contributed by atoms with van der Waals surface area (Å²) in [5.74, 6) is 0. The molecule has 0 nitrogen and oxygen atoms in total. The summed E-state index contributed by atoms with van der Waals surface area (Å²) in [6.07, 6.45) is 19.2. The third kappa shape index (κ3) is 22.5. The van der Waals surface area contributed by atoms with Gasteiger partial charge in [-0.1, -0.05) is 87.4 Å². The van der Waals surface area contributed by atoms with E-state index in [4.69, 9.17) is 0 Å². The summed E-state index contributed by atoms with van der Waals surface area (Å²) in [6, 6.07) is 10.0. The molecule has 0 N–H and O–H groups in total. The molecular weight excluding hydrogens is 288 g/mol. The predicted molar refractivity (Wildman–Crippen MR) is 114 cm³/mol. The number of unbranched alkanes of at least 4 members (excludes halogenated alkanes) is 7. The van der Waals surface area contributed by atoms with Gasteiger partial charge in [0.15, 0.2) is 0 Å². The van der Waals surface area contributed by atoms with Crippen molar-refractivity contribution in [1.29, 1.82) is 0 Å². The number of hydrogen-bond donors (Lipinski definition) is 0. The Morgan fingerprint density at radius 1 is 0.667 bits per heavy atom. The monoisotopic (exact) mass is 326 g/mol. The number of hydrogen-bond acceptors (Lipinski definition) is 0. The van der Waals surface area contributed by atoms with Crippen LogP contribution in [-0.4, -0.2) is 0 Å². The molecule has 0 atom stereocenters. The number of benzene rings is 1. The molecule has 0 heteroatoms. The number of allylic oxidation sites excluding steroid dienone is 3. The van der Waals surface area contributed by atoms with Gasteiger partial charge in [-0.2, -0.15) is 0 Å². The second kappa shape index (κ2) is 23.4. The van der Waals surface area contributed by atoms with E-state index in [0.29, 0.717) is 0 Å². The molecule has 0 fully saturated rings. The standard InChI is InChI=1S/C8H8.C8H16.C8H14/c1-2-8-6-4-3-5-7-8;2*1-3-5-7-8-6-4-2/h2-7H,1H2;3H,1,4-8H2,2H3;3-4H,1-2,5-8H2. The van der Waals surface area contributed by atoms with Gasteiger partial charge >= 0.3 is 0 Å². The van der Waals surface area contributed by atoms with Gasteiger partial charge < -0.3 is 0 Å². The Kier molecular flexibility index (Phi) is 23.9. The fraction of sp³-hybridized carbons (Fsp3) is 0.417. The SMILES string of the molecule is C=CCCCCC=C.C=CCCCCCC.C=Cc1ccccc1. The van der Waals surface area contributed by atoms with Crippen molar-refractivity contribution in [2.24, 2.45) is 0 Å². The second-order valence-electron chi connectivity index (χ2n) is 5.61. The highest BCUT2D eigenvalue weighted by Crippen LogP contribution is 2.01. The Bertz CT molecular complexity index is 376. The highest BCUT2D eigenvalue weighted by molar-refractivity contribution is 5.45. The largest absolute Gasteiger partial charge is 0.103 e. The van der Waals surface area contributed by atoms with E-state index in [-0.39, 0.29) is 0 Å². The molecule has 0 radical (unpaired) electrons. The zero-order valence-corrected chi connectivity index (χ0v) is 15.9. The van der Waals surface area contributed by atoms with E-state index in [2.05, 4.69) is 33.2 Å². The lowest BCUT2D eigenvalue weighted by atomic mass is 10.2. The molecule has 0 saturated heterocycles. The van der Waals surface area contributed by atoms with Crippen LogP contribution in [0.15, 0.2) is 74.9 Å². The quantitative estimate of drug-likeness (QED) is 0.283. The molecule has 1 rings (SSSR count). The van der Waals surface area contributed by atoms with Crippen molar-refractivity contribution >= 4 is 6.08 Å². The molecule has 1 aromatic rings. The molecule has 0 aliphatic heterocycles. The maximum Gasteiger partial charge on any atom is -0.0263 e. The minimum absolute atomic E-state index is 1.15. The first-order valence-corrected chi connectivity index (χ1v) is 9.26. The summed E-state index contributed by atoms with van der Waals surface area (Å²) in [7, 11) is 0. The molecule has 0 bridgehead atoms. The van der Waals surface area contributed by atoms with Gasteiger partial charge in [0.05, 0.1) is 0 Å². The predicted octanol–water partition coefficient (Wildman–Crippen LogP) is 8.39. The van der Waals surface area contributed by atoms with Crippen molar-refractivity contribution in [2.45, 2.75) is 64.7 Å². The first-order chi connectivity index (χ1) is 11.8. The molecule has 0 amide bonds. The van der Waals surface area contributed by atoms with Crippen LogP contribution in [0.4, 0.5) is 0 Å². The van der Waals surface area contributed by atoms with Crippen LogP contribution in [0.3, 0.4) is 0 Å². The van der Waals surface area contributed by atoms with E-state index < -0.39 is 0 Å². The molecule has 0 spiro atoms. The van der Waals surface area contributed by atoms with Gasteiger partial charge in [-0.3, -0.25) is 0 Å². The van der Waals surface area contributed by atoms with Crippen LogP contribution in [0.25, 0.3) is 6.08 Å². The van der Waals surface area contributed by atoms with Gasteiger partial charge in [0.25, 0.3) is 0 Å². The summed E-state index contributed by atoms with van der Waals surface area (Å²) in [5.41, 5.74) is 1.17. The van der Waals surface area contributed by atoms with Crippen LogP contribution in [0.1, 0.15) is 70.3 Å². The average Bonchev–Trinajstić information content (AvgIpc) is 2.64. The van der Waals surface area contributed by atoms with Crippen LogP contribution in [0, 0.1) is 0 Å². The van der Waals surface area contributed by atoms with Crippen LogP contribution in [-0.2, 0) is 0 Å². The Balaban J connectivity index is 0. The fourth-order valence-electron chi connectivity index (χ4n) is 1.88. The maximum atomic E-state index is 3.66. The summed E-state index contributed by atoms with van der Waals surface area (Å²) in [6.45, 7) is 16.8. The van der Waals surface area contributed by atoms with E-state index in [1.54, 1.807) is 0 Å². The first-order valence-electron chi connectivity index (χ1n) is 9.26. The lowest BCUT2D eigenvalue weighted by molar-refractivity contribution is 0.675. The summed E-state index contributed by atoms with van der Waals surface area (Å²) < 4.78 is 0. The minimum atomic E-state index is 1.15. The van der Waals surface area contributed by atoms with Crippen molar-refractivity contribution in [3.63, 3.8) is 0 Å². The van der Waals surface area contributed by atoms with Crippen molar-refractivity contribution in [1.82, 2.24) is 0 Å². The molecule has 24 heavy (non-hydrogen) atoms. The van der Waals surface area contributed by atoms with E-state index in [1.165, 1.54) is 50.5 Å². The maximum absolute atomic E-state index is 3.66. The van der Waals surface area contributed by atoms with E-state index >= 15 is 0 Å². The lowest BCUT2D eigenvalue weighted by Gasteiger charge is -1.91.